The third kappa shape index (κ3) is 4.66. The molecule has 6 heteroatoms. The first-order valence-corrected chi connectivity index (χ1v) is 11.4. The van der Waals surface area contributed by atoms with Crippen LogP contribution >= 0.6 is 0 Å². The Balaban J connectivity index is 1.68. The number of likely N-dealkylation sites (tertiary alicyclic amines) is 1. The lowest BCUT2D eigenvalue weighted by Gasteiger charge is -2.48. The van der Waals surface area contributed by atoms with Crippen LogP contribution in [0.25, 0.3) is 4.72 Å². The van der Waals surface area contributed by atoms with E-state index in [0.717, 1.165) is 44.0 Å². The van der Waals surface area contributed by atoms with Crippen LogP contribution in [0.1, 0.15) is 44.1 Å². The molecular formula is C20H33N3O2S. The van der Waals surface area contributed by atoms with E-state index in [1.165, 1.54) is 24.2 Å². The molecule has 1 aromatic rings. The first-order valence-electron chi connectivity index (χ1n) is 9.95. The lowest BCUT2D eigenvalue weighted by Crippen LogP contribution is -3.10. The molecule has 0 amide bonds. The largest absolute Gasteiger partial charge is 0.541 e. The van der Waals surface area contributed by atoms with E-state index in [-0.39, 0.29) is 12.1 Å². The Morgan fingerprint density at radius 3 is 2.23 bits per heavy atom. The second-order valence-corrected chi connectivity index (χ2v) is 9.83. The van der Waals surface area contributed by atoms with Crippen LogP contribution in [0.5, 0.6) is 0 Å². The average Bonchev–Trinajstić information content (AvgIpc) is 2.62. The topological polar surface area (TPSA) is 55.9 Å². The summed E-state index contributed by atoms with van der Waals surface area (Å²) < 4.78 is 30.0. The van der Waals surface area contributed by atoms with Gasteiger partial charge >= 0.3 is 0 Å². The summed E-state index contributed by atoms with van der Waals surface area (Å²) in [5, 5.41) is 0. The Morgan fingerprint density at radius 1 is 1.00 bits per heavy atom. The van der Waals surface area contributed by atoms with Gasteiger partial charge in [-0.1, -0.05) is 37.0 Å². The van der Waals surface area contributed by atoms with E-state index in [9.17, 15) is 8.42 Å². The highest BCUT2D eigenvalue weighted by Crippen LogP contribution is 2.33. The zero-order valence-corrected chi connectivity index (χ0v) is 17.1. The Kier molecular flexibility index (Phi) is 6.38. The van der Waals surface area contributed by atoms with Gasteiger partial charge in [0.15, 0.2) is 0 Å². The number of nitrogens with one attached hydrogen (secondary N) is 1. The highest BCUT2D eigenvalue weighted by molar-refractivity contribution is 7.94. The first kappa shape index (κ1) is 19.8. The SMILES string of the molecule is Cc1ccc(S(=O)(=O)[N-][C@@H]2CCCCC2N2CCC([NH+](C)C)CC2)cc1. The molecule has 0 spiro atoms. The number of nitrogens with zero attached hydrogens (tertiary/aromatic N) is 2. The van der Waals surface area contributed by atoms with Crippen molar-refractivity contribution in [1.29, 1.82) is 0 Å². The van der Waals surface area contributed by atoms with Crippen LogP contribution in [0.3, 0.4) is 0 Å². The second-order valence-electron chi connectivity index (χ2n) is 8.20. The van der Waals surface area contributed by atoms with Crippen molar-refractivity contribution in [3.05, 3.63) is 34.6 Å². The third-order valence-corrected chi connectivity index (χ3v) is 7.52. The molecule has 5 nitrogen and oxygen atoms in total. The van der Waals surface area contributed by atoms with Crippen LogP contribution in [0.4, 0.5) is 0 Å². The van der Waals surface area contributed by atoms with Gasteiger partial charge < -0.3 is 14.5 Å². The summed E-state index contributed by atoms with van der Waals surface area (Å²) >= 11 is 0. The number of hydrogen-bond donors (Lipinski definition) is 1. The van der Waals surface area contributed by atoms with Crippen molar-refractivity contribution in [3.63, 3.8) is 0 Å². The van der Waals surface area contributed by atoms with Crippen LogP contribution in [0, 0.1) is 6.92 Å². The van der Waals surface area contributed by atoms with Crippen molar-refractivity contribution in [2.45, 2.75) is 68.5 Å². The molecule has 26 heavy (non-hydrogen) atoms. The van der Waals surface area contributed by atoms with Gasteiger partial charge in [-0.2, -0.15) is 0 Å². The van der Waals surface area contributed by atoms with E-state index in [0.29, 0.717) is 4.90 Å². The molecule has 146 valence electrons. The Morgan fingerprint density at radius 2 is 1.62 bits per heavy atom. The van der Waals surface area contributed by atoms with Crippen LogP contribution in [-0.4, -0.2) is 58.6 Å². The summed E-state index contributed by atoms with van der Waals surface area (Å²) in [6.07, 6.45) is 6.59. The van der Waals surface area contributed by atoms with E-state index in [2.05, 4.69) is 23.7 Å². The zero-order chi connectivity index (χ0) is 18.7. The molecule has 1 aromatic carbocycles. The van der Waals surface area contributed by atoms with Gasteiger partial charge in [0.05, 0.1) is 20.1 Å². The van der Waals surface area contributed by atoms with Crippen LogP contribution in [0.15, 0.2) is 29.2 Å². The van der Waals surface area contributed by atoms with Crippen LogP contribution in [-0.2, 0) is 10.0 Å². The fourth-order valence-corrected chi connectivity index (χ4v) is 5.60. The van der Waals surface area contributed by atoms with Crippen molar-refractivity contribution in [2.24, 2.45) is 0 Å². The number of benzene rings is 1. The van der Waals surface area contributed by atoms with Crippen molar-refractivity contribution in [1.82, 2.24) is 4.90 Å². The van der Waals surface area contributed by atoms with Gasteiger partial charge in [0.2, 0.25) is 0 Å². The molecule has 1 saturated carbocycles. The molecule has 2 fully saturated rings. The molecule has 1 unspecified atom stereocenters. The average molecular weight is 380 g/mol. The number of sulfonamides is 1. The van der Waals surface area contributed by atoms with Crippen molar-refractivity contribution >= 4 is 10.0 Å². The van der Waals surface area contributed by atoms with Gasteiger partial charge in [-0.15, -0.1) is 6.04 Å². The normalized spacial score (nSPS) is 26.3. The van der Waals surface area contributed by atoms with Crippen molar-refractivity contribution in [2.75, 3.05) is 27.2 Å². The molecule has 1 saturated heterocycles. The smallest absolute Gasteiger partial charge is 0.101 e. The molecule has 1 aliphatic heterocycles. The summed E-state index contributed by atoms with van der Waals surface area (Å²) in [7, 11) is 0.881. The van der Waals surface area contributed by atoms with E-state index in [1.54, 1.807) is 12.1 Å². The monoisotopic (exact) mass is 379 g/mol. The number of hydrogen-bond acceptors (Lipinski definition) is 3. The predicted octanol–water partition coefficient (Wildman–Crippen LogP) is 1.98. The summed E-state index contributed by atoms with van der Waals surface area (Å²) in [6, 6.07) is 7.95. The highest BCUT2D eigenvalue weighted by atomic mass is 32.2. The van der Waals surface area contributed by atoms with Crippen molar-refractivity contribution in [3.8, 4) is 0 Å². The molecule has 2 atom stereocenters. The molecule has 0 bridgehead atoms. The maximum Gasteiger partial charge on any atom is 0.101 e. The molecule has 0 aromatic heterocycles. The van der Waals surface area contributed by atoms with E-state index in [4.69, 9.17) is 0 Å². The first-order chi connectivity index (χ1) is 12.4. The fourth-order valence-electron chi connectivity index (χ4n) is 4.40. The molecule has 1 N–H and O–H groups in total. The molecule has 1 heterocycles. The summed E-state index contributed by atoms with van der Waals surface area (Å²) in [4.78, 5) is 4.36. The molecule has 2 aliphatic rings. The van der Waals surface area contributed by atoms with Gasteiger partial charge in [0, 0.05) is 30.8 Å². The predicted molar refractivity (Wildman–Crippen MR) is 105 cm³/mol. The maximum atomic E-state index is 12.8. The zero-order valence-electron chi connectivity index (χ0n) is 16.3. The number of piperidine rings is 1. The Labute approximate surface area is 158 Å². The molecular weight excluding hydrogens is 346 g/mol. The standard InChI is InChI=1S/C20H32N3O2S/c1-16-8-10-18(11-9-16)26(24,25)21-19-6-4-5-7-20(19)23-14-12-17(13-15-23)22(2)3/h8-11,17,19-20H,4-7,12-15H2,1-3H3/q-1/p+1/t19-,20?/m1/s1. The lowest BCUT2D eigenvalue weighted by molar-refractivity contribution is -0.887. The molecule has 1 aliphatic carbocycles. The minimum atomic E-state index is -3.58. The highest BCUT2D eigenvalue weighted by Gasteiger charge is 2.31. The quantitative estimate of drug-likeness (QED) is 0.851. The summed E-state index contributed by atoms with van der Waals surface area (Å²) in [5.74, 6) is 0. The fraction of sp³-hybridized carbons (Fsp3) is 0.700. The van der Waals surface area contributed by atoms with Gasteiger partial charge in [0.1, 0.15) is 10.0 Å². The third-order valence-electron chi connectivity index (χ3n) is 6.10. The minimum Gasteiger partial charge on any atom is -0.541 e. The molecule has 3 rings (SSSR count). The summed E-state index contributed by atoms with van der Waals surface area (Å²) in [6.45, 7) is 4.10. The number of quaternary nitrogens is 1. The van der Waals surface area contributed by atoms with E-state index >= 15 is 0 Å². The molecule has 0 radical (unpaired) electrons. The van der Waals surface area contributed by atoms with Gasteiger partial charge in [-0.25, -0.2) is 8.42 Å². The number of rotatable bonds is 5. The van der Waals surface area contributed by atoms with Gasteiger partial charge in [-0.05, 0) is 31.5 Å². The summed E-state index contributed by atoms with van der Waals surface area (Å²) in [5.41, 5.74) is 1.06. The van der Waals surface area contributed by atoms with Gasteiger partial charge in [0.25, 0.3) is 0 Å². The maximum absolute atomic E-state index is 12.8. The number of aryl methyl sites for hydroxylation is 1. The van der Waals surface area contributed by atoms with E-state index < -0.39 is 10.0 Å². The lowest BCUT2D eigenvalue weighted by atomic mass is 9.88. The van der Waals surface area contributed by atoms with Crippen molar-refractivity contribution < 1.29 is 13.3 Å². The Hall–Kier alpha value is -0.950. The Bertz CT molecular complexity index is 680. The van der Waals surface area contributed by atoms with Crippen LogP contribution < -0.4 is 4.90 Å². The van der Waals surface area contributed by atoms with E-state index in [1.807, 2.05) is 19.1 Å². The minimum absolute atomic E-state index is 0.0988. The second kappa shape index (κ2) is 8.38. The van der Waals surface area contributed by atoms with Crippen LogP contribution in [0.2, 0.25) is 0 Å². The van der Waals surface area contributed by atoms with Gasteiger partial charge in [-0.3, -0.25) is 0 Å².